The van der Waals surface area contributed by atoms with E-state index in [2.05, 4.69) is 10.3 Å². The van der Waals surface area contributed by atoms with Crippen LogP contribution in [-0.2, 0) is 11.3 Å². The maximum Gasteiger partial charge on any atom is 0.271 e. The van der Waals surface area contributed by atoms with Crippen molar-refractivity contribution in [3.05, 3.63) is 87.8 Å². The monoisotopic (exact) mass is 403 g/mol. The fourth-order valence-electron chi connectivity index (χ4n) is 3.63. The number of hydrogen-bond acceptors (Lipinski definition) is 5. The average Bonchev–Trinajstić information content (AvgIpc) is 3.23. The Morgan fingerprint density at radius 1 is 1.07 bits per heavy atom. The van der Waals surface area contributed by atoms with Crippen LogP contribution < -0.4 is 15.6 Å². The smallest absolute Gasteiger partial charge is 0.271 e. The number of amides is 1. The molecule has 144 valence electrons. The Labute approximate surface area is 170 Å². The van der Waals surface area contributed by atoms with Crippen LogP contribution in [0.3, 0.4) is 0 Å². The minimum Gasteiger partial charge on any atom is -0.457 e. The van der Waals surface area contributed by atoms with Gasteiger partial charge in [0.15, 0.2) is 0 Å². The van der Waals surface area contributed by atoms with E-state index >= 15 is 0 Å². The third-order valence-corrected chi connectivity index (χ3v) is 5.92. The molecule has 0 aliphatic carbocycles. The number of thiophene rings is 1. The van der Waals surface area contributed by atoms with E-state index in [4.69, 9.17) is 4.74 Å². The number of benzene rings is 2. The Kier molecular flexibility index (Phi) is 4.37. The van der Waals surface area contributed by atoms with E-state index in [-0.39, 0.29) is 11.5 Å². The first-order valence-electron chi connectivity index (χ1n) is 9.28. The van der Waals surface area contributed by atoms with Gasteiger partial charge >= 0.3 is 0 Å². The lowest BCUT2D eigenvalue weighted by atomic mass is 9.87. The zero-order chi connectivity index (χ0) is 19.8. The lowest BCUT2D eigenvalue weighted by molar-refractivity contribution is -0.121. The molecule has 7 heteroatoms. The molecule has 0 spiro atoms. The maximum atomic E-state index is 13.1. The van der Waals surface area contributed by atoms with Crippen molar-refractivity contribution in [1.82, 2.24) is 14.9 Å². The average molecular weight is 403 g/mol. The number of rotatable bonds is 4. The van der Waals surface area contributed by atoms with Crippen molar-refractivity contribution in [2.75, 3.05) is 6.54 Å². The van der Waals surface area contributed by atoms with Gasteiger partial charge in [-0.1, -0.05) is 36.4 Å². The molecule has 4 aromatic rings. The molecular weight excluding hydrogens is 386 g/mol. The van der Waals surface area contributed by atoms with Crippen molar-refractivity contribution in [2.24, 2.45) is 0 Å². The van der Waals surface area contributed by atoms with Crippen molar-refractivity contribution < 1.29 is 9.53 Å². The molecule has 0 unspecified atom stereocenters. The molecule has 0 fully saturated rings. The van der Waals surface area contributed by atoms with Crippen LogP contribution in [0.15, 0.2) is 71.1 Å². The van der Waals surface area contributed by atoms with Crippen LogP contribution in [0, 0.1) is 0 Å². The first-order chi connectivity index (χ1) is 14.2. The second kappa shape index (κ2) is 7.18. The summed E-state index contributed by atoms with van der Waals surface area (Å²) < 4.78 is 8.11. The van der Waals surface area contributed by atoms with Gasteiger partial charge in [-0.2, -0.15) is 0 Å². The number of aromatic nitrogens is 2. The van der Waals surface area contributed by atoms with Gasteiger partial charge in [0.25, 0.3) is 5.56 Å². The highest BCUT2D eigenvalue weighted by Gasteiger charge is 2.32. The van der Waals surface area contributed by atoms with E-state index in [1.54, 1.807) is 0 Å². The molecule has 2 aromatic carbocycles. The zero-order valence-corrected chi connectivity index (χ0v) is 16.2. The number of hydrogen-bond donors (Lipinski definition) is 1. The summed E-state index contributed by atoms with van der Waals surface area (Å²) in [4.78, 5) is 29.9. The Morgan fingerprint density at radius 3 is 2.48 bits per heavy atom. The number of fused-ring (bicyclic) bond motifs is 3. The summed E-state index contributed by atoms with van der Waals surface area (Å²) >= 11 is 1.38. The fourth-order valence-corrected chi connectivity index (χ4v) is 4.42. The molecule has 0 saturated heterocycles. The topological polar surface area (TPSA) is 73.2 Å². The highest BCUT2D eigenvalue weighted by atomic mass is 32.1. The van der Waals surface area contributed by atoms with Crippen molar-refractivity contribution in [3.63, 3.8) is 0 Å². The first kappa shape index (κ1) is 17.6. The minimum absolute atomic E-state index is 0.0824. The van der Waals surface area contributed by atoms with Gasteiger partial charge in [-0.3, -0.25) is 14.2 Å². The van der Waals surface area contributed by atoms with Crippen molar-refractivity contribution >= 4 is 27.5 Å². The van der Waals surface area contributed by atoms with Gasteiger partial charge in [0.1, 0.15) is 16.2 Å². The van der Waals surface area contributed by atoms with Gasteiger partial charge < -0.3 is 10.1 Å². The standard InChI is InChI=1S/C22H17N3O3S/c26-21(23-10-11-25-13-24-16-9-12-29-20(16)22(25)27)19-14-5-1-3-7-17(14)28-18-8-4-2-6-15(18)19/h1-9,12-13,19H,10-11H2,(H,23,26). The van der Waals surface area contributed by atoms with Crippen molar-refractivity contribution in [3.8, 4) is 11.5 Å². The SMILES string of the molecule is O=C(NCCn1cnc2ccsc2c1=O)C1c2ccccc2Oc2ccccc21. The van der Waals surface area contributed by atoms with Crippen LogP contribution in [0.5, 0.6) is 11.5 Å². The molecule has 0 atom stereocenters. The molecule has 2 aromatic heterocycles. The third-order valence-electron chi connectivity index (χ3n) is 5.03. The Bertz CT molecular complexity index is 1230. The van der Waals surface area contributed by atoms with Crippen LogP contribution in [0.4, 0.5) is 0 Å². The van der Waals surface area contributed by atoms with E-state index in [0.717, 1.165) is 11.1 Å². The molecular formula is C22H17N3O3S. The molecule has 0 saturated carbocycles. The van der Waals surface area contributed by atoms with Gasteiger partial charge in [0.05, 0.1) is 17.8 Å². The third kappa shape index (κ3) is 3.09. The van der Waals surface area contributed by atoms with E-state index in [1.807, 2.05) is 60.0 Å². The molecule has 0 radical (unpaired) electrons. The number of nitrogens with one attached hydrogen (secondary N) is 1. The molecule has 1 N–H and O–H groups in total. The Hall–Kier alpha value is -3.45. The summed E-state index contributed by atoms with van der Waals surface area (Å²) in [7, 11) is 0. The van der Waals surface area contributed by atoms with Crippen molar-refractivity contribution in [2.45, 2.75) is 12.5 Å². The number of carbonyl (C=O) groups is 1. The zero-order valence-electron chi connectivity index (χ0n) is 15.4. The molecule has 29 heavy (non-hydrogen) atoms. The number of para-hydroxylation sites is 2. The predicted octanol–water partition coefficient (Wildman–Crippen LogP) is 3.51. The first-order valence-corrected chi connectivity index (χ1v) is 10.2. The number of nitrogens with zero attached hydrogens (tertiary/aromatic N) is 2. The van der Waals surface area contributed by atoms with Gasteiger partial charge in [-0.05, 0) is 23.6 Å². The second-order valence-corrected chi connectivity index (χ2v) is 7.70. The molecule has 1 amide bonds. The lowest BCUT2D eigenvalue weighted by Gasteiger charge is -2.27. The van der Waals surface area contributed by atoms with E-state index < -0.39 is 5.92 Å². The summed E-state index contributed by atoms with van der Waals surface area (Å²) in [6.07, 6.45) is 1.53. The van der Waals surface area contributed by atoms with Crippen LogP contribution in [-0.4, -0.2) is 22.0 Å². The van der Waals surface area contributed by atoms with Gasteiger partial charge in [0.2, 0.25) is 5.91 Å². The highest BCUT2D eigenvalue weighted by Crippen LogP contribution is 2.43. The summed E-state index contributed by atoms with van der Waals surface area (Å²) in [5.74, 6) is 0.807. The second-order valence-electron chi connectivity index (χ2n) is 6.78. The van der Waals surface area contributed by atoms with Gasteiger partial charge in [-0.15, -0.1) is 11.3 Å². The quantitative estimate of drug-likeness (QED) is 0.566. The predicted molar refractivity (Wildman–Crippen MR) is 112 cm³/mol. The van der Waals surface area contributed by atoms with Crippen LogP contribution in [0.2, 0.25) is 0 Å². The molecule has 5 rings (SSSR count). The van der Waals surface area contributed by atoms with Gasteiger partial charge in [-0.25, -0.2) is 4.98 Å². The van der Waals surface area contributed by atoms with E-state index in [9.17, 15) is 9.59 Å². The largest absolute Gasteiger partial charge is 0.457 e. The van der Waals surface area contributed by atoms with Gasteiger partial charge in [0, 0.05) is 24.2 Å². The highest BCUT2D eigenvalue weighted by molar-refractivity contribution is 7.17. The summed E-state index contributed by atoms with van der Waals surface area (Å²) in [6.45, 7) is 0.691. The van der Waals surface area contributed by atoms with Crippen LogP contribution >= 0.6 is 11.3 Å². The molecule has 6 nitrogen and oxygen atoms in total. The fraction of sp³-hybridized carbons (Fsp3) is 0.136. The van der Waals surface area contributed by atoms with E-state index in [0.29, 0.717) is 34.8 Å². The Morgan fingerprint density at radius 2 is 1.76 bits per heavy atom. The summed E-state index contributed by atoms with van der Waals surface area (Å²) in [5.41, 5.74) is 2.29. The summed E-state index contributed by atoms with van der Waals surface area (Å²) in [5, 5.41) is 4.83. The maximum absolute atomic E-state index is 13.1. The van der Waals surface area contributed by atoms with E-state index in [1.165, 1.54) is 22.2 Å². The lowest BCUT2D eigenvalue weighted by Crippen LogP contribution is -2.35. The molecule has 1 aliphatic rings. The Balaban J connectivity index is 1.37. The van der Waals surface area contributed by atoms with Crippen LogP contribution in [0.25, 0.3) is 10.2 Å². The number of carbonyl (C=O) groups excluding carboxylic acids is 1. The minimum atomic E-state index is -0.453. The molecule has 1 aliphatic heterocycles. The summed E-state index contributed by atoms with van der Waals surface area (Å²) in [6, 6.07) is 17.0. The van der Waals surface area contributed by atoms with Crippen LogP contribution in [0.1, 0.15) is 17.0 Å². The van der Waals surface area contributed by atoms with Crippen molar-refractivity contribution in [1.29, 1.82) is 0 Å². The molecule has 0 bridgehead atoms. The normalized spacial score (nSPS) is 12.8. The number of ether oxygens (including phenoxy) is 1. The molecule has 3 heterocycles.